The van der Waals surface area contributed by atoms with Gasteiger partial charge in [0.2, 0.25) is 0 Å². The predicted molar refractivity (Wildman–Crippen MR) is 45.0 cm³/mol. The summed E-state index contributed by atoms with van der Waals surface area (Å²) in [6.07, 6.45) is 2.40. The van der Waals surface area contributed by atoms with Crippen LogP contribution in [0, 0.1) is 5.92 Å². The zero-order chi connectivity index (χ0) is 9.26. The maximum absolute atomic E-state index is 11.4. The van der Waals surface area contributed by atoms with Crippen molar-refractivity contribution in [2.45, 2.75) is 12.5 Å². The van der Waals surface area contributed by atoms with Crippen molar-refractivity contribution in [2.24, 2.45) is 5.92 Å². The number of carbonyl (C=O) groups is 1. The average molecular weight is 181 g/mol. The Morgan fingerprint density at radius 1 is 1.85 bits per heavy atom. The zero-order valence-corrected chi connectivity index (χ0v) is 7.03. The highest BCUT2D eigenvalue weighted by Crippen LogP contribution is 2.29. The van der Waals surface area contributed by atoms with E-state index in [-0.39, 0.29) is 24.5 Å². The van der Waals surface area contributed by atoms with Crippen molar-refractivity contribution in [1.82, 2.24) is 15.5 Å². The van der Waals surface area contributed by atoms with E-state index in [1.54, 1.807) is 6.07 Å². The Bertz CT molecular complexity index is 296. The highest BCUT2D eigenvalue weighted by molar-refractivity contribution is 5.92. The number of hydrogen-bond acceptors (Lipinski definition) is 3. The summed E-state index contributed by atoms with van der Waals surface area (Å²) in [6.45, 7) is 0.147. The minimum Gasteiger partial charge on any atom is -0.396 e. The minimum atomic E-state index is -0.154. The Morgan fingerprint density at radius 2 is 2.69 bits per heavy atom. The molecule has 0 spiro atoms. The minimum absolute atomic E-state index is 0.140. The van der Waals surface area contributed by atoms with Crippen molar-refractivity contribution in [3.05, 3.63) is 18.0 Å². The third kappa shape index (κ3) is 1.70. The number of nitrogens with zero attached hydrogens (tertiary/aromatic N) is 1. The molecule has 1 amide bonds. The molecule has 2 unspecified atom stereocenters. The van der Waals surface area contributed by atoms with E-state index >= 15 is 0 Å². The first-order valence-corrected chi connectivity index (χ1v) is 4.22. The number of carbonyl (C=O) groups excluding carboxylic acids is 1. The van der Waals surface area contributed by atoms with Crippen molar-refractivity contribution >= 4 is 5.91 Å². The van der Waals surface area contributed by atoms with Gasteiger partial charge in [0.25, 0.3) is 5.91 Å². The fraction of sp³-hybridized carbons (Fsp3) is 0.500. The van der Waals surface area contributed by atoms with Gasteiger partial charge < -0.3 is 10.4 Å². The van der Waals surface area contributed by atoms with Crippen LogP contribution in [0.1, 0.15) is 16.9 Å². The molecule has 0 radical (unpaired) electrons. The lowest BCUT2D eigenvalue weighted by molar-refractivity contribution is 0.0942. The fourth-order valence-electron chi connectivity index (χ4n) is 1.25. The van der Waals surface area contributed by atoms with Crippen molar-refractivity contribution in [3.63, 3.8) is 0 Å². The summed E-state index contributed by atoms with van der Waals surface area (Å²) in [7, 11) is 0. The van der Waals surface area contributed by atoms with Crippen molar-refractivity contribution < 1.29 is 9.90 Å². The van der Waals surface area contributed by atoms with E-state index in [2.05, 4.69) is 15.5 Å². The summed E-state index contributed by atoms with van der Waals surface area (Å²) in [6, 6.07) is 1.76. The molecule has 0 bridgehead atoms. The highest BCUT2D eigenvalue weighted by atomic mass is 16.3. The summed E-state index contributed by atoms with van der Waals surface area (Å²) in [5.74, 6) is 0.0883. The Kier molecular flexibility index (Phi) is 2.02. The molecule has 1 aromatic heterocycles. The number of nitrogens with one attached hydrogen (secondary N) is 2. The average Bonchev–Trinajstić information content (AvgIpc) is 2.68. The van der Waals surface area contributed by atoms with Gasteiger partial charge >= 0.3 is 0 Å². The molecular formula is C8H11N3O2. The predicted octanol–water partition coefficient (Wildman–Crippen LogP) is -0.480. The van der Waals surface area contributed by atoms with Crippen LogP contribution in [0.25, 0.3) is 0 Å². The summed E-state index contributed by atoms with van der Waals surface area (Å²) in [4.78, 5) is 11.4. The van der Waals surface area contributed by atoms with Crippen LogP contribution in [0.4, 0.5) is 0 Å². The molecule has 0 aromatic carbocycles. The lowest BCUT2D eigenvalue weighted by Gasteiger charge is -2.00. The summed E-state index contributed by atoms with van der Waals surface area (Å²) in [5, 5.41) is 17.8. The van der Waals surface area contributed by atoms with Gasteiger partial charge in [-0.15, -0.1) is 0 Å². The molecular weight excluding hydrogens is 170 g/mol. The molecule has 5 heteroatoms. The van der Waals surface area contributed by atoms with Crippen molar-refractivity contribution in [1.29, 1.82) is 0 Å². The molecule has 0 saturated heterocycles. The van der Waals surface area contributed by atoms with E-state index in [1.807, 2.05) is 0 Å². The Morgan fingerprint density at radius 3 is 3.23 bits per heavy atom. The highest BCUT2D eigenvalue weighted by Gasteiger charge is 2.37. The number of aromatic nitrogens is 2. The third-order valence-corrected chi connectivity index (χ3v) is 2.22. The molecule has 1 aromatic rings. The van der Waals surface area contributed by atoms with Crippen LogP contribution in [0.2, 0.25) is 0 Å². The monoisotopic (exact) mass is 181 g/mol. The molecule has 0 aliphatic heterocycles. The SMILES string of the molecule is O=C(NC1CC1CO)c1ccn[nH]1. The number of aliphatic hydroxyl groups excluding tert-OH is 1. The van der Waals surface area contributed by atoms with Gasteiger partial charge in [-0.25, -0.2) is 0 Å². The Labute approximate surface area is 75.2 Å². The number of H-pyrrole nitrogens is 1. The van der Waals surface area contributed by atoms with Crippen molar-refractivity contribution in [3.8, 4) is 0 Å². The molecule has 1 heterocycles. The smallest absolute Gasteiger partial charge is 0.269 e. The van der Waals surface area contributed by atoms with Crippen LogP contribution in [0.3, 0.4) is 0 Å². The lowest BCUT2D eigenvalue weighted by atomic mass is 10.4. The second-order valence-corrected chi connectivity index (χ2v) is 3.23. The van der Waals surface area contributed by atoms with Crippen LogP contribution < -0.4 is 5.32 Å². The second kappa shape index (κ2) is 3.18. The van der Waals surface area contributed by atoms with Gasteiger partial charge in [0.15, 0.2) is 0 Å². The maximum Gasteiger partial charge on any atom is 0.269 e. The molecule has 5 nitrogen and oxygen atoms in total. The first-order valence-electron chi connectivity index (χ1n) is 4.22. The number of amides is 1. The molecule has 1 aliphatic carbocycles. The topological polar surface area (TPSA) is 78.0 Å². The molecule has 2 rings (SSSR count). The van der Waals surface area contributed by atoms with Gasteiger partial charge in [0, 0.05) is 24.8 Å². The molecule has 70 valence electrons. The van der Waals surface area contributed by atoms with Crippen LogP contribution in [0.5, 0.6) is 0 Å². The Hall–Kier alpha value is -1.36. The van der Waals surface area contributed by atoms with E-state index in [0.717, 1.165) is 6.42 Å². The number of hydrogen-bond donors (Lipinski definition) is 3. The van der Waals surface area contributed by atoms with Crippen LogP contribution in [-0.2, 0) is 0 Å². The van der Waals surface area contributed by atoms with Gasteiger partial charge in [-0.2, -0.15) is 5.10 Å². The van der Waals surface area contributed by atoms with E-state index in [0.29, 0.717) is 5.69 Å². The first-order chi connectivity index (χ1) is 6.31. The Balaban J connectivity index is 1.87. The largest absolute Gasteiger partial charge is 0.396 e. The molecule has 2 atom stereocenters. The number of rotatable bonds is 3. The molecule has 1 saturated carbocycles. The molecule has 1 aliphatic rings. The standard InChI is InChI=1S/C8H11N3O2/c12-4-5-3-7(5)10-8(13)6-1-2-9-11-6/h1-2,5,7,12H,3-4H2,(H,9,11)(H,10,13). The van der Waals surface area contributed by atoms with E-state index in [1.165, 1.54) is 6.20 Å². The number of aromatic amines is 1. The zero-order valence-electron chi connectivity index (χ0n) is 7.03. The summed E-state index contributed by atoms with van der Waals surface area (Å²) >= 11 is 0. The van der Waals surface area contributed by atoms with E-state index in [9.17, 15) is 4.79 Å². The van der Waals surface area contributed by atoms with Gasteiger partial charge in [0.05, 0.1) is 0 Å². The first kappa shape index (κ1) is 8.25. The van der Waals surface area contributed by atoms with E-state index in [4.69, 9.17) is 5.11 Å². The van der Waals surface area contributed by atoms with Gasteiger partial charge in [0.1, 0.15) is 5.69 Å². The third-order valence-electron chi connectivity index (χ3n) is 2.22. The summed E-state index contributed by atoms with van der Waals surface area (Å²) < 4.78 is 0. The van der Waals surface area contributed by atoms with Gasteiger partial charge in [-0.05, 0) is 12.5 Å². The van der Waals surface area contributed by atoms with E-state index < -0.39 is 0 Å². The molecule has 3 N–H and O–H groups in total. The maximum atomic E-state index is 11.4. The summed E-state index contributed by atoms with van der Waals surface area (Å²) in [5.41, 5.74) is 0.462. The lowest BCUT2D eigenvalue weighted by Crippen LogP contribution is -2.27. The van der Waals surface area contributed by atoms with Crippen molar-refractivity contribution in [2.75, 3.05) is 6.61 Å². The normalized spacial score (nSPS) is 25.6. The van der Waals surface area contributed by atoms with Gasteiger partial charge in [-0.3, -0.25) is 9.89 Å². The van der Waals surface area contributed by atoms with Crippen LogP contribution >= 0.6 is 0 Å². The van der Waals surface area contributed by atoms with Gasteiger partial charge in [-0.1, -0.05) is 0 Å². The quantitative estimate of drug-likeness (QED) is 0.589. The van der Waals surface area contributed by atoms with Crippen LogP contribution in [0.15, 0.2) is 12.3 Å². The second-order valence-electron chi connectivity index (χ2n) is 3.23. The number of aliphatic hydroxyl groups is 1. The molecule has 1 fully saturated rings. The fourth-order valence-corrected chi connectivity index (χ4v) is 1.25. The molecule has 13 heavy (non-hydrogen) atoms. The van der Waals surface area contributed by atoms with Crippen LogP contribution in [-0.4, -0.2) is 33.9 Å².